The number of piperidine rings is 1. The number of aromatic nitrogens is 1. The molecule has 1 aromatic heterocycles. The number of hydrogen-bond acceptors (Lipinski definition) is 4. The van der Waals surface area contributed by atoms with Gasteiger partial charge in [-0.15, -0.1) is 0 Å². The van der Waals surface area contributed by atoms with Crippen molar-refractivity contribution in [2.45, 2.75) is 25.4 Å². The Kier molecular flexibility index (Phi) is 5.58. The summed E-state index contributed by atoms with van der Waals surface area (Å²) in [4.78, 5) is 11.6. The van der Waals surface area contributed by atoms with Crippen LogP contribution in [0.15, 0.2) is 12.4 Å². The van der Waals surface area contributed by atoms with Gasteiger partial charge in [-0.1, -0.05) is 23.2 Å². The lowest BCUT2D eigenvalue weighted by molar-refractivity contribution is 0.0618. The minimum absolute atomic E-state index is 0.672. The lowest BCUT2D eigenvalue weighted by Crippen LogP contribution is -2.52. The second-order valence-electron chi connectivity index (χ2n) is 6.43. The third-order valence-electron chi connectivity index (χ3n) is 4.95. The average molecular weight is 343 g/mol. The SMILES string of the molecule is CN1CCC(N2CCN(Cc3c(Cl)cncc3Cl)CC2)CC1. The van der Waals surface area contributed by atoms with E-state index in [0.29, 0.717) is 10.0 Å². The molecule has 122 valence electrons. The largest absolute Gasteiger partial charge is 0.306 e. The molecule has 2 aliphatic rings. The van der Waals surface area contributed by atoms with Gasteiger partial charge in [0.25, 0.3) is 0 Å². The third kappa shape index (κ3) is 3.92. The van der Waals surface area contributed by atoms with Crippen LogP contribution < -0.4 is 0 Å². The summed E-state index contributed by atoms with van der Waals surface area (Å²) in [6.07, 6.45) is 5.96. The molecule has 0 aliphatic carbocycles. The van der Waals surface area contributed by atoms with E-state index in [2.05, 4.69) is 26.7 Å². The highest BCUT2D eigenvalue weighted by atomic mass is 35.5. The van der Waals surface area contributed by atoms with Gasteiger partial charge in [0.05, 0.1) is 10.0 Å². The molecule has 2 aliphatic heterocycles. The van der Waals surface area contributed by atoms with E-state index >= 15 is 0 Å². The second kappa shape index (κ2) is 7.45. The first-order valence-corrected chi connectivity index (χ1v) is 8.82. The number of halogens is 2. The van der Waals surface area contributed by atoms with Gasteiger partial charge in [-0.2, -0.15) is 0 Å². The lowest BCUT2D eigenvalue weighted by atomic mass is 10.0. The molecule has 0 unspecified atom stereocenters. The van der Waals surface area contributed by atoms with Gasteiger partial charge in [-0.05, 0) is 33.0 Å². The van der Waals surface area contributed by atoms with Crippen LogP contribution >= 0.6 is 23.2 Å². The zero-order valence-corrected chi connectivity index (χ0v) is 14.7. The number of rotatable bonds is 3. The minimum atomic E-state index is 0.672. The molecule has 0 spiro atoms. The first-order valence-electron chi connectivity index (χ1n) is 8.06. The molecule has 22 heavy (non-hydrogen) atoms. The van der Waals surface area contributed by atoms with Crippen molar-refractivity contribution in [2.24, 2.45) is 0 Å². The highest BCUT2D eigenvalue weighted by Gasteiger charge is 2.26. The van der Waals surface area contributed by atoms with E-state index < -0.39 is 0 Å². The molecule has 6 heteroatoms. The van der Waals surface area contributed by atoms with Gasteiger partial charge >= 0.3 is 0 Å². The molecule has 0 N–H and O–H groups in total. The van der Waals surface area contributed by atoms with Crippen LogP contribution in [0.1, 0.15) is 18.4 Å². The molecule has 0 bridgehead atoms. The smallest absolute Gasteiger partial charge is 0.0649 e. The fourth-order valence-corrected chi connectivity index (χ4v) is 3.94. The number of likely N-dealkylation sites (tertiary alicyclic amines) is 1. The Morgan fingerprint density at radius 1 is 1.00 bits per heavy atom. The Morgan fingerprint density at radius 3 is 2.18 bits per heavy atom. The Labute approximate surface area is 143 Å². The zero-order chi connectivity index (χ0) is 15.5. The Bertz CT molecular complexity index is 475. The van der Waals surface area contributed by atoms with E-state index in [1.807, 2.05) is 0 Å². The van der Waals surface area contributed by atoms with Crippen LogP contribution in [-0.4, -0.2) is 72.0 Å². The predicted octanol–water partition coefficient (Wildman–Crippen LogP) is 2.60. The van der Waals surface area contributed by atoms with Crippen molar-refractivity contribution < 1.29 is 0 Å². The number of nitrogens with zero attached hydrogens (tertiary/aromatic N) is 4. The molecule has 2 saturated heterocycles. The summed E-state index contributed by atoms with van der Waals surface area (Å²) >= 11 is 12.4. The Morgan fingerprint density at radius 2 is 1.59 bits per heavy atom. The van der Waals surface area contributed by atoms with Crippen molar-refractivity contribution >= 4 is 23.2 Å². The number of hydrogen-bond donors (Lipinski definition) is 0. The maximum atomic E-state index is 6.22. The predicted molar refractivity (Wildman–Crippen MR) is 91.6 cm³/mol. The summed E-state index contributed by atoms with van der Waals surface area (Å²) in [7, 11) is 2.22. The van der Waals surface area contributed by atoms with Gasteiger partial charge in [0.1, 0.15) is 0 Å². The first kappa shape index (κ1) is 16.5. The molecule has 3 rings (SSSR count). The summed E-state index contributed by atoms with van der Waals surface area (Å²) in [6, 6.07) is 0.770. The van der Waals surface area contributed by atoms with E-state index in [0.717, 1.165) is 44.3 Å². The topological polar surface area (TPSA) is 22.6 Å². The molecule has 0 aromatic carbocycles. The standard InChI is InChI=1S/C16H24Cl2N4/c1-20-4-2-13(3-5-20)22-8-6-21(7-9-22)12-14-15(17)10-19-11-16(14)18/h10-11,13H,2-9,12H2,1H3. The summed E-state index contributed by atoms with van der Waals surface area (Å²) in [5.41, 5.74) is 1.01. The van der Waals surface area contributed by atoms with Crippen LogP contribution in [-0.2, 0) is 6.54 Å². The van der Waals surface area contributed by atoms with Crippen molar-refractivity contribution in [1.82, 2.24) is 19.7 Å². The van der Waals surface area contributed by atoms with Crippen LogP contribution in [0.2, 0.25) is 10.0 Å². The van der Waals surface area contributed by atoms with Crippen LogP contribution in [0.3, 0.4) is 0 Å². The van der Waals surface area contributed by atoms with Gasteiger partial charge < -0.3 is 4.90 Å². The number of piperazine rings is 1. The fourth-order valence-electron chi connectivity index (χ4n) is 3.46. The van der Waals surface area contributed by atoms with Gasteiger partial charge in [0, 0.05) is 56.7 Å². The first-order chi connectivity index (χ1) is 10.6. The van der Waals surface area contributed by atoms with Crippen LogP contribution in [0, 0.1) is 0 Å². The van der Waals surface area contributed by atoms with Gasteiger partial charge in [0.2, 0.25) is 0 Å². The molecule has 4 nitrogen and oxygen atoms in total. The van der Waals surface area contributed by atoms with E-state index in [1.165, 1.54) is 25.9 Å². The van der Waals surface area contributed by atoms with Gasteiger partial charge in [-0.3, -0.25) is 14.8 Å². The Hall–Kier alpha value is -0.390. The van der Waals surface area contributed by atoms with Crippen LogP contribution in [0.5, 0.6) is 0 Å². The molecule has 1 aromatic rings. The van der Waals surface area contributed by atoms with Crippen molar-refractivity contribution in [3.05, 3.63) is 28.0 Å². The quantitative estimate of drug-likeness (QED) is 0.841. The Balaban J connectivity index is 1.52. The van der Waals surface area contributed by atoms with E-state index in [4.69, 9.17) is 23.2 Å². The van der Waals surface area contributed by atoms with Crippen LogP contribution in [0.4, 0.5) is 0 Å². The average Bonchev–Trinajstić information content (AvgIpc) is 2.53. The molecule has 3 heterocycles. The summed E-state index contributed by atoms with van der Waals surface area (Å²) in [5.74, 6) is 0. The van der Waals surface area contributed by atoms with Crippen molar-refractivity contribution in [3.63, 3.8) is 0 Å². The van der Waals surface area contributed by atoms with Crippen molar-refractivity contribution in [2.75, 3.05) is 46.3 Å². The zero-order valence-electron chi connectivity index (χ0n) is 13.1. The molecular formula is C16H24Cl2N4. The normalized spacial score (nSPS) is 23.0. The molecule has 2 fully saturated rings. The second-order valence-corrected chi connectivity index (χ2v) is 7.24. The van der Waals surface area contributed by atoms with E-state index in [-0.39, 0.29) is 0 Å². The van der Waals surface area contributed by atoms with Gasteiger partial charge in [0.15, 0.2) is 0 Å². The number of pyridine rings is 1. The maximum Gasteiger partial charge on any atom is 0.0649 e. The fraction of sp³-hybridized carbons (Fsp3) is 0.688. The highest BCUT2D eigenvalue weighted by Crippen LogP contribution is 2.25. The summed E-state index contributed by atoms with van der Waals surface area (Å²) < 4.78 is 0. The van der Waals surface area contributed by atoms with Crippen LogP contribution in [0.25, 0.3) is 0 Å². The molecule has 0 radical (unpaired) electrons. The molecule has 0 atom stereocenters. The van der Waals surface area contributed by atoms with E-state index in [9.17, 15) is 0 Å². The van der Waals surface area contributed by atoms with Crippen molar-refractivity contribution in [1.29, 1.82) is 0 Å². The van der Waals surface area contributed by atoms with Gasteiger partial charge in [-0.25, -0.2) is 0 Å². The molecular weight excluding hydrogens is 319 g/mol. The van der Waals surface area contributed by atoms with Crippen molar-refractivity contribution in [3.8, 4) is 0 Å². The highest BCUT2D eigenvalue weighted by molar-refractivity contribution is 6.35. The molecule has 0 amide bonds. The summed E-state index contributed by atoms with van der Waals surface area (Å²) in [6.45, 7) is 7.74. The third-order valence-corrected chi connectivity index (χ3v) is 5.60. The monoisotopic (exact) mass is 342 g/mol. The minimum Gasteiger partial charge on any atom is -0.306 e. The van der Waals surface area contributed by atoms with E-state index in [1.54, 1.807) is 12.4 Å². The maximum absolute atomic E-state index is 6.22. The molecule has 0 saturated carbocycles. The lowest BCUT2D eigenvalue weighted by Gasteiger charge is -2.42. The summed E-state index contributed by atoms with van der Waals surface area (Å²) in [5, 5.41) is 1.34.